The second kappa shape index (κ2) is 13.5. The molecule has 0 radical (unpaired) electrons. The summed E-state index contributed by atoms with van der Waals surface area (Å²) >= 11 is 0. The molecule has 1 aliphatic rings. The van der Waals surface area contributed by atoms with Crippen LogP contribution in [0.1, 0.15) is 75.3 Å². The molecular formula is C36H47N7O4S. The van der Waals surface area contributed by atoms with Gasteiger partial charge in [-0.1, -0.05) is 45.0 Å². The highest BCUT2D eigenvalue weighted by Gasteiger charge is 2.32. The van der Waals surface area contributed by atoms with Crippen molar-refractivity contribution in [1.82, 2.24) is 24.8 Å². The van der Waals surface area contributed by atoms with E-state index in [0.717, 1.165) is 16.7 Å². The quantitative estimate of drug-likeness (QED) is 0.241. The molecule has 48 heavy (non-hydrogen) atoms. The Morgan fingerprint density at radius 1 is 1.04 bits per heavy atom. The van der Waals surface area contributed by atoms with E-state index in [1.54, 1.807) is 29.3 Å². The molecule has 3 heterocycles. The van der Waals surface area contributed by atoms with Crippen molar-refractivity contribution in [1.29, 1.82) is 0 Å². The van der Waals surface area contributed by atoms with Gasteiger partial charge in [-0.15, -0.1) is 0 Å². The third-order valence-corrected chi connectivity index (χ3v) is 9.85. The number of benzene rings is 2. The zero-order valence-electron chi connectivity index (χ0n) is 29.2. The van der Waals surface area contributed by atoms with Crippen molar-refractivity contribution in [2.45, 2.75) is 85.3 Å². The molecule has 11 nitrogen and oxygen atoms in total. The number of ether oxygens (including phenoxy) is 1. The first-order chi connectivity index (χ1) is 22.5. The van der Waals surface area contributed by atoms with Crippen molar-refractivity contribution in [2.24, 2.45) is 5.41 Å². The Kier molecular flexibility index (Phi) is 9.77. The van der Waals surface area contributed by atoms with Gasteiger partial charge < -0.3 is 14.5 Å². The van der Waals surface area contributed by atoms with E-state index in [9.17, 15) is 13.2 Å². The molecule has 5 rings (SSSR count). The lowest BCUT2D eigenvalue weighted by molar-refractivity contribution is 0.0508. The van der Waals surface area contributed by atoms with Crippen molar-refractivity contribution in [3.63, 3.8) is 0 Å². The van der Waals surface area contributed by atoms with Crippen molar-refractivity contribution in [3.8, 4) is 17.1 Å². The van der Waals surface area contributed by atoms with Crippen molar-refractivity contribution in [2.75, 3.05) is 23.3 Å². The molecule has 1 aliphatic heterocycles. The molecule has 1 N–H and O–H groups in total. The van der Waals surface area contributed by atoms with Gasteiger partial charge in [0.25, 0.3) is 15.9 Å². The summed E-state index contributed by atoms with van der Waals surface area (Å²) in [5.74, 6) is 0.415. The Hall–Kier alpha value is -4.58. The van der Waals surface area contributed by atoms with Gasteiger partial charge >= 0.3 is 0 Å². The second-order valence-corrected chi connectivity index (χ2v) is 15.6. The summed E-state index contributed by atoms with van der Waals surface area (Å²) in [5, 5.41) is 0. The van der Waals surface area contributed by atoms with E-state index in [2.05, 4.69) is 54.3 Å². The molecule has 0 saturated carbocycles. The fraction of sp³-hybridized carbons (Fsp3) is 0.417. The van der Waals surface area contributed by atoms with Gasteiger partial charge in [0.05, 0.1) is 40.8 Å². The molecule has 4 bridgehead atoms. The van der Waals surface area contributed by atoms with Crippen LogP contribution in [0.4, 0.5) is 11.8 Å². The Labute approximate surface area is 285 Å². The van der Waals surface area contributed by atoms with Gasteiger partial charge in [-0.3, -0.25) is 9.78 Å². The summed E-state index contributed by atoms with van der Waals surface area (Å²) in [7, 11) is -2.22. The molecular weight excluding hydrogens is 627 g/mol. The molecule has 0 aliphatic carbocycles. The predicted molar refractivity (Wildman–Crippen MR) is 190 cm³/mol. The molecule has 0 unspecified atom stereocenters. The van der Waals surface area contributed by atoms with Gasteiger partial charge in [0, 0.05) is 31.7 Å². The predicted octanol–water partition coefficient (Wildman–Crippen LogP) is 6.59. The van der Waals surface area contributed by atoms with Crippen LogP contribution in [0.15, 0.2) is 59.6 Å². The number of hydrogen-bond acceptors (Lipinski definition) is 9. The summed E-state index contributed by atoms with van der Waals surface area (Å²) in [6.45, 7) is 16.5. The van der Waals surface area contributed by atoms with Gasteiger partial charge in [-0.2, -0.15) is 4.98 Å². The maximum Gasteiger partial charge on any atom is 0.264 e. The first-order valence-electron chi connectivity index (χ1n) is 16.1. The van der Waals surface area contributed by atoms with Crippen LogP contribution in [0, 0.1) is 26.2 Å². The molecule has 1 amide bonds. The number of nitrogens with zero attached hydrogens (tertiary/aromatic N) is 6. The zero-order chi connectivity index (χ0) is 35.0. The summed E-state index contributed by atoms with van der Waals surface area (Å²) < 4.78 is 36.3. The highest BCUT2D eigenvalue weighted by Crippen LogP contribution is 2.32. The number of sulfonamides is 1. The van der Waals surface area contributed by atoms with Crippen molar-refractivity contribution in [3.05, 3.63) is 82.8 Å². The maximum atomic E-state index is 14.5. The number of hydrogen-bond donors (Lipinski definition) is 1. The van der Waals surface area contributed by atoms with Crippen LogP contribution in [0.2, 0.25) is 0 Å². The minimum absolute atomic E-state index is 0. The van der Waals surface area contributed by atoms with E-state index in [1.807, 2.05) is 50.9 Å². The summed E-state index contributed by atoms with van der Waals surface area (Å²) in [6, 6.07) is 13.4. The minimum Gasteiger partial charge on any atom is -0.475 e. The first kappa shape index (κ1) is 34.7. The first-order valence-corrected chi connectivity index (χ1v) is 17.6. The molecule has 256 valence electrons. The molecule has 0 fully saturated rings. The number of rotatable bonds is 6. The van der Waals surface area contributed by atoms with Gasteiger partial charge in [0.1, 0.15) is 12.4 Å². The molecule has 2 aromatic carbocycles. The van der Waals surface area contributed by atoms with E-state index in [1.165, 1.54) is 12.1 Å². The smallest absolute Gasteiger partial charge is 0.264 e. The Morgan fingerprint density at radius 3 is 2.40 bits per heavy atom. The fourth-order valence-corrected chi connectivity index (χ4v) is 6.76. The molecule has 0 spiro atoms. The number of nitrogens with one attached hydrogen (secondary N) is 1. The van der Waals surface area contributed by atoms with E-state index >= 15 is 0 Å². The van der Waals surface area contributed by atoms with E-state index in [-0.39, 0.29) is 54.2 Å². The van der Waals surface area contributed by atoms with E-state index < -0.39 is 16.1 Å². The van der Waals surface area contributed by atoms with Crippen LogP contribution in [0.25, 0.3) is 11.3 Å². The van der Waals surface area contributed by atoms with Gasteiger partial charge in [0.15, 0.2) is 0 Å². The van der Waals surface area contributed by atoms with Crippen molar-refractivity contribution >= 4 is 27.7 Å². The molecule has 0 saturated heterocycles. The maximum absolute atomic E-state index is 14.5. The molecule has 1 atom stereocenters. The van der Waals surface area contributed by atoms with Crippen LogP contribution in [-0.2, 0) is 16.6 Å². The summed E-state index contributed by atoms with van der Waals surface area (Å²) in [4.78, 5) is 36.9. The highest BCUT2D eigenvalue weighted by molar-refractivity contribution is 7.92. The molecule has 12 heteroatoms. The Balaban J connectivity index is 0.00000541. The standard InChI is InChI=1S/C36H45N7O4S.H2/c1-22(2)42(9)31-19-37-25(5)30(38-31)20-43-27(18-36(6,7)8)21-47-32-17-29(33-23(3)12-10-13-24(33)4)39-35(40-32)41-48(45,46)28-15-11-14-26(16-28)34(43)44;/h10-17,19,22,27H,18,20-21H2,1-9H3,(H,39,40,41);1H/t27-;/m1./s1. The third-order valence-electron chi connectivity index (χ3n) is 8.53. The van der Waals surface area contributed by atoms with Crippen LogP contribution < -0.4 is 14.4 Å². The third kappa shape index (κ3) is 7.75. The largest absolute Gasteiger partial charge is 0.475 e. The highest BCUT2D eigenvalue weighted by atomic mass is 32.2. The SMILES string of the molecule is Cc1cccc(C)c1-c1cc2nc(n1)NS(=O)(=O)c1cccc(c1)C(=O)N(Cc1nc(N(C)C(C)C)cnc1C)[C@H](CC(C)(C)C)CO2.[HH]. The number of fused-ring (bicyclic) bond motifs is 4. The average Bonchev–Trinajstić information content (AvgIpc) is 3.01. The average molecular weight is 674 g/mol. The van der Waals surface area contributed by atoms with Gasteiger partial charge in [0.2, 0.25) is 11.8 Å². The van der Waals surface area contributed by atoms with Crippen LogP contribution in [0.3, 0.4) is 0 Å². The topological polar surface area (TPSA) is 131 Å². The lowest BCUT2D eigenvalue weighted by atomic mass is 9.87. The number of aryl methyl sites for hydroxylation is 3. The van der Waals surface area contributed by atoms with Gasteiger partial charge in [-0.05, 0) is 75.8 Å². The van der Waals surface area contributed by atoms with E-state index in [4.69, 9.17) is 9.72 Å². The van der Waals surface area contributed by atoms with Crippen LogP contribution in [-0.4, -0.2) is 64.9 Å². The normalized spacial score (nSPS) is 16.3. The zero-order valence-corrected chi connectivity index (χ0v) is 30.0. The number of anilines is 2. The summed E-state index contributed by atoms with van der Waals surface area (Å²) in [5.41, 5.74) is 4.69. The number of amides is 1. The second-order valence-electron chi connectivity index (χ2n) is 13.9. The monoisotopic (exact) mass is 673 g/mol. The van der Waals surface area contributed by atoms with Crippen LogP contribution >= 0.6 is 0 Å². The van der Waals surface area contributed by atoms with Crippen LogP contribution in [0.5, 0.6) is 5.88 Å². The lowest BCUT2D eigenvalue weighted by Crippen LogP contribution is -2.45. The minimum atomic E-state index is -4.18. The summed E-state index contributed by atoms with van der Waals surface area (Å²) in [6.07, 6.45) is 2.31. The lowest BCUT2D eigenvalue weighted by Gasteiger charge is -2.36. The number of carbonyl (C=O) groups excluding carboxylic acids is 1. The molecule has 4 aromatic rings. The molecule has 2 aromatic heterocycles. The Morgan fingerprint density at radius 2 is 1.73 bits per heavy atom. The van der Waals surface area contributed by atoms with E-state index in [0.29, 0.717) is 29.3 Å². The number of carbonyl (C=O) groups is 1. The van der Waals surface area contributed by atoms with Crippen molar-refractivity contribution < 1.29 is 19.4 Å². The Bertz CT molecular complexity index is 1930. The fourth-order valence-electron chi connectivity index (χ4n) is 5.77. The number of aromatic nitrogens is 4. The van der Waals surface area contributed by atoms with Gasteiger partial charge in [-0.25, -0.2) is 23.1 Å².